The normalized spacial score (nSPS) is 11.6. The van der Waals surface area contributed by atoms with E-state index in [2.05, 4.69) is 22.4 Å². The number of nitrogens with one attached hydrogen (secondary N) is 1. The summed E-state index contributed by atoms with van der Waals surface area (Å²) in [6.07, 6.45) is 8.38. The van der Waals surface area contributed by atoms with Crippen molar-refractivity contribution in [2.24, 2.45) is 5.10 Å². The first-order valence-corrected chi connectivity index (χ1v) is 8.20. The van der Waals surface area contributed by atoms with Gasteiger partial charge < -0.3 is 4.42 Å². The second-order valence-electron chi connectivity index (χ2n) is 5.52. The van der Waals surface area contributed by atoms with Crippen LogP contribution in [0.4, 0.5) is 0 Å². The second kappa shape index (κ2) is 8.06. The highest BCUT2D eigenvalue weighted by Crippen LogP contribution is 2.19. The van der Waals surface area contributed by atoms with Gasteiger partial charge in [0.2, 0.25) is 0 Å². The van der Waals surface area contributed by atoms with Crippen LogP contribution in [0, 0.1) is 0 Å². The van der Waals surface area contributed by atoms with Crippen molar-refractivity contribution < 1.29 is 9.21 Å². The van der Waals surface area contributed by atoms with Gasteiger partial charge in [0.15, 0.2) is 0 Å². The molecule has 5 nitrogen and oxygen atoms in total. The molecule has 0 aliphatic heterocycles. The zero-order valence-electron chi connectivity index (χ0n) is 14.0. The largest absolute Gasteiger partial charge is 0.465 e. The standard InChI is InChI=1S/C20H19N3O2/c1-2-7-15-14-18(17-10-3-4-11-19(17)22-15)20(24)23-21-12-5-8-16-9-6-13-25-16/h3-6,8-14H,2,7H2,1H3,(H,23,24)/b8-5+,21-12-. The third-order valence-corrected chi connectivity index (χ3v) is 3.65. The molecule has 2 aromatic heterocycles. The number of nitrogens with zero attached hydrogens (tertiary/aromatic N) is 2. The molecule has 1 aromatic carbocycles. The lowest BCUT2D eigenvalue weighted by molar-refractivity contribution is 0.0956. The molecule has 0 atom stereocenters. The lowest BCUT2D eigenvalue weighted by Crippen LogP contribution is -2.18. The van der Waals surface area contributed by atoms with Gasteiger partial charge in [-0.05, 0) is 42.8 Å². The maximum Gasteiger partial charge on any atom is 0.272 e. The molecule has 0 unspecified atom stereocenters. The molecule has 1 N–H and O–H groups in total. The highest BCUT2D eigenvalue weighted by atomic mass is 16.3. The van der Waals surface area contributed by atoms with E-state index in [9.17, 15) is 4.79 Å². The van der Waals surface area contributed by atoms with Crippen LogP contribution in [0.2, 0.25) is 0 Å². The van der Waals surface area contributed by atoms with Crippen LogP contribution in [0.1, 0.15) is 35.2 Å². The van der Waals surface area contributed by atoms with E-state index in [4.69, 9.17) is 4.42 Å². The third kappa shape index (κ3) is 4.20. The summed E-state index contributed by atoms with van der Waals surface area (Å²) in [5.41, 5.74) is 4.88. The first kappa shape index (κ1) is 16.6. The van der Waals surface area contributed by atoms with Gasteiger partial charge in [0.25, 0.3) is 5.91 Å². The predicted octanol–water partition coefficient (Wildman–Crippen LogP) is 4.21. The number of hydrogen-bond donors (Lipinski definition) is 1. The number of aromatic nitrogens is 1. The molecule has 1 amide bonds. The molecule has 2 heterocycles. The van der Waals surface area contributed by atoms with Crippen molar-refractivity contribution >= 4 is 29.1 Å². The van der Waals surface area contributed by atoms with Gasteiger partial charge in [-0.3, -0.25) is 9.78 Å². The van der Waals surface area contributed by atoms with Crippen LogP contribution in [-0.2, 0) is 6.42 Å². The molecule has 0 fully saturated rings. The van der Waals surface area contributed by atoms with Gasteiger partial charge in [0.05, 0.1) is 17.3 Å². The van der Waals surface area contributed by atoms with Gasteiger partial charge in [-0.1, -0.05) is 31.5 Å². The quantitative estimate of drug-likeness (QED) is 0.543. The van der Waals surface area contributed by atoms with Crippen LogP contribution in [0.5, 0.6) is 0 Å². The van der Waals surface area contributed by atoms with Crippen molar-refractivity contribution in [1.29, 1.82) is 0 Å². The maximum atomic E-state index is 12.5. The van der Waals surface area contributed by atoms with E-state index in [1.165, 1.54) is 6.21 Å². The molecule has 0 saturated heterocycles. The molecule has 0 radical (unpaired) electrons. The molecule has 0 spiro atoms. The number of allylic oxidation sites excluding steroid dienone is 1. The van der Waals surface area contributed by atoms with Crippen molar-refractivity contribution in [3.05, 3.63) is 71.8 Å². The summed E-state index contributed by atoms with van der Waals surface area (Å²) in [4.78, 5) is 17.1. The zero-order valence-corrected chi connectivity index (χ0v) is 14.0. The molecular formula is C20H19N3O2. The third-order valence-electron chi connectivity index (χ3n) is 3.65. The van der Waals surface area contributed by atoms with Crippen LogP contribution in [-0.4, -0.2) is 17.1 Å². The molecule has 25 heavy (non-hydrogen) atoms. The molecule has 5 heteroatoms. The monoisotopic (exact) mass is 333 g/mol. The highest BCUT2D eigenvalue weighted by molar-refractivity contribution is 6.06. The number of rotatable bonds is 6. The van der Waals surface area contributed by atoms with Gasteiger partial charge in [0.1, 0.15) is 5.76 Å². The van der Waals surface area contributed by atoms with Crippen molar-refractivity contribution in [1.82, 2.24) is 10.4 Å². The van der Waals surface area contributed by atoms with Crippen LogP contribution in [0.3, 0.4) is 0 Å². The number of pyridine rings is 1. The van der Waals surface area contributed by atoms with Gasteiger partial charge in [0, 0.05) is 17.3 Å². The van der Waals surface area contributed by atoms with E-state index in [0.717, 1.165) is 35.2 Å². The number of benzene rings is 1. The van der Waals surface area contributed by atoms with Gasteiger partial charge in [-0.15, -0.1) is 0 Å². The van der Waals surface area contributed by atoms with E-state index in [1.54, 1.807) is 24.5 Å². The minimum absolute atomic E-state index is 0.251. The Morgan fingerprint density at radius 1 is 1.28 bits per heavy atom. The summed E-state index contributed by atoms with van der Waals surface area (Å²) >= 11 is 0. The first-order chi connectivity index (χ1) is 12.3. The van der Waals surface area contributed by atoms with Crippen molar-refractivity contribution in [3.8, 4) is 0 Å². The van der Waals surface area contributed by atoms with E-state index < -0.39 is 0 Å². The molecule has 0 saturated carbocycles. The van der Waals surface area contributed by atoms with Gasteiger partial charge >= 0.3 is 0 Å². The maximum absolute atomic E-state index is 12.5. The molecule has 3 rings (SSSR count). The molecular weight excluding hydrogens is 314 g/mol. The Labute approximate surface area is 146 Å². The number of aryl methyl sites for hydroxylation is 1. The summed E-state index contributed by atoms with van der Waals surface area (Å²) < 4.78 is 5.17. The van der Waals surface area contributed by atoms with Crippen LogP contribution < -0.4 is 5.43 Å². The summed E-state index contributed by atoms with van der Waals surface area (Å²) in [5.74, 6) is 0.473. The smallest absolute Gasteiger partial charge is 0.272 e. The Hall–Kier alpha value is -3.21. The summed E-state index contributed by atoms with van der Waals surface area (Å²) in [6.45, 7) is 2.09. The topological polar surface area (TPSA) is 67.5 Å². The van der Waals surface area contributed by atoms with Gasteiger partial charge in [-0.2, -0.15) is 5.10 Å². The fraction of sp³-hybridized carbons (Fsp3) is 0.150. The lowest BCUT2D eigenvalue weighted by Gasteiger charge is -2.08. The summed E-state index contributed by atoms with van der Waals surface area (Å²) in [5, 5.41) is 4.78. The van der Waals surface area contributed by atoms with Crippen molar-refractivity contribution in [2.75, 3.05) is 0 Å². The minimum Gasteiger partial charge on any atom is -0.465 e. The number of carbonyl (C=O) groups excluding carboxylic acids is 1. The van der Waals surface area contributed by atoms with Crippen LogP contribution >= 0.6 is 0 Å². The number of fused-ring (bicyclic) bond motifs is 1. The second-order valence-corrected chi connectivity index (χ2v) is 5.52. The fourth-order valence-corrected chi connectivity index (χ4v) is 2.53. The van der Waals surface area contributed by atoms with Crippen molar-refractivity contribution in [3.63, 3.8) is 0 Å². The number of amides is 1. The van der Waals surface area contributed by atoms with Gasteiger partial charge in [-0.25, -0.2) is 5.43 Å². The predicted molar refractivity (Wildman–Crippen MR) is 99.4 cm³/mol. The minimum atomic E-state index is -0.251. The lowest BCUT2D eigenvalue weighted by atomic mass is 10.1. The van der Waals surface area contributed by atoms with Crippen molar-refractivity contribution in [2.45, 2.75) is 19.8 Å². The average molecular weight is 333 g/mol. The van der Waals surface area contributed by atoms with Crippen LogP contribution in [0.25, 0.3) is 17.0 Å². The Balaban J connectivity index is 1.76. The Morgan fingerprint density at radius 2 is 2.16 bits per heavy atom. The van der Waals surface area contributed by atoms with E-state index in [-0.39, 0.29) is 5.91 Å². The Bertz CT molecular complexity index is 912. The van der Waals surface area contributed by atoms with E-state index in [0.29, 0.717) is 5.56 Å². The summed E-state index contributed by atoms with van der Waals surface area (Å²) in [7, 11) is 0. The molecule has 126 valence electrons. The molecule has 3 aromatic rings. The number of hydrogen-bond acceptors (Lipinski definition) is 4. The number of para-hydroxylation sites is 1. The zero-order chi connectivity index (χ0) is 17.5. The number of furan rings is 1. The Kier molecular flexibility index (Phi) is 5.36. The molecule has 0 aliphatic rings. The molecule has 0 aliphatic carbocycles. The van der Waals surface area contributed by atoms with Crippen LogP contribution in [0.15, 0.2) is 64.3 Å². The average Bonchev–Trinajstić information content (AvgIpc) is 3.14. The first-order valence-electron chi connectivity index (χ1n) is 8.20. The SMILES string of the molecule is CCCc1cc(C(=O)N/N=C\C=C\c2ccco2)c2ccccc2n1. The number of carbonyl (C=O) groups is 1. The fourth-order valence-electron chi connectivity index (χ4n) is 2.53. The number of hydrazone groups is 1. The van der Waals surface area contributed by atoms with E-state index in [1.807, 2.05) is 36.4 Å². The summed E-state index contributed by atoms with van der Waals surface area (Å²) in [6, 6.07) is 13.1. The molecule has 0 bridgehead atoms. The Morgan fingerprint density at radius 3 is 2.96 bits per heavy atom. The highest BCUT2D eigenvalue weighted by Gasteiger charge is 2.12. The van der Waals surface area contributed by atoms with E-state index >= 15 is 0 Å².